The van der Waals surface area contributed by atoms with Crippen LogP contribution < -0.4 is 0 Å². The molecule has 0 radical (unpaired) electrons. The molecular formula is C8H12BrN3OS. The van der Waals surface area contributed by atoms with E-state index in [0.29, 0.717) is 4.60 Å². The summed E-state index contributed by atoms with van der Waals surface area (Å²) in [6, 6.07) is 0. The first kappa shape index (κ1) is 10.4. The minimum absolute atomic E-state index is 0.00199. The van der Waals surface area contributed by atoms with E-state index >= 15 is 0 Å². The SMILES string of the molecule is CSC1(C(O)c2c(Br)nnn2C)CC1. The summed E-state index contributed by atoms with van der Waals surface area (Å²) in [4.78, 5) is 0. The number of aromatic nitrogens is 3. The Balaban J connectivity index is 2.31. The summed E-state index contributed by atoms with van der Waals surface area (Å²) < 4.78 is 2.27. The van der Waals surface area contributed by atoms with Gasteiger partial charge in [0.15, 0.2) is 4.60 Å². The number of hydrogen-bond donors (Lipinski definition) is 1. The van der Waals surface area contributed by atoms with Crippen LogP contribution in [-0.2, 0) is 7.05 Å². The molecule has 14 heavy (non-hydrogen) atoms. The Morgan fingerprint density at radius 1 is 1.64 bits per heavy atom. The summed E-state index contributed by atoms with van der Waals surface area (Å²) >= 11 is 5.03. The van der Waals surface area contributed by atoms with Crippen LogP contribution in [0.15, 0.2) is 4.60 Å². The number of rotatable bonds is 3. The molecule has 78 valence electrons. The minimum atomic E-state index is -0.480. The second-order valence-corrected chi connectivity index (χ2v) is 5.53. The molecule has 0 aromatic carbocycles. The van der Waals surface area contributed by atoms with Gasteiger partial charge in [-0.1, -0.05) is 5.21 Å². The summed E-state index contributed by atoms with van der Waals surface area (Å²) in [6.45, 7) is 0. The predicted octanol–water partition coefficient (Wildman–Crippen LogP) is 1.51. The van der Waals surface area contributed by atoms with Gasteiger partial charge in [-0.3, -0.25) is 0 Å². The second kappa shape index (κ2) is 3.50. The molecular weight excluding hydrogens is 266 g/mol. The maximum atomic E-state index is 10.2. The molecule has 2 rings (SSSR count). The molecule has 1 aliphatic rings. The largest absolute Gasteiger partial charge is 0.385 e. The number of nitrogens with zero attached hydrogens (tertiary/aromatic N) is 3. The second-order valence-electron chi connectivity index (χ2n) is 3.56. The van der Waals surface area contributed by atoms with E-state index < -0.39 is 6.10 Å². The molecule has 0 saturated heterocycles. The topological polar surface area (TPSA) is 50.9 Å². The van der Waals surface area contributed by atoms with Crippen LogP contribution in [0.1, 0.15) is 24.6 Å². The molecule has 1 N–H and O–H groups in total. The van der Waals surface area contributed by atoms with E-state index in [1.165, 1.54) is 0 Å². The van der Waals surface area contributed by atoms with Gasteiger partial charge in [0.25, 0.3) is 0 Å². The Bertz CT molecular complexity index is 331. The van der Waals surface area contributed by atoms with Crippen molar-refractivity contribution in [2.75, 3.05) is 6.26 Å². The Morgan fingerprint density at radius 3 is 2.64 bits per heavy atom. The standard InChI is InChI=1S/C8H12BrN3OS/c1-12-5(7(9)10-11-12)6(13)8(14-2)3-4-8/h6,13H,3-4H2,1-2H3. The van der Waals surface area contributed by atoms with Gasteiger partial charge >= 0.3 is 0 Å². The average molecular weight is 278 g/mol. The third kappa shape index (κ3) is 1.49. The summed E-state index contributed by atoms with van der Waals surface area (Å²) in [5.74, 6) is 0. The van der Waals surface area contributed by atoms with Crippen LogP contribution in [0.3, 0.4) is 0 Å². The smallest absolute Gasteiger partial charge is 0.154 e. The highest BCUT2D eigenvalue weighted by molar-refractivity contribution is 9.10. The van der Waals surface area contributed by atoms with E-state index in [2.05, 4.69) is 26.2 Å². The number of hydrogen-bond acceptors (Lipinski definition) is 4. The lowest BCUT2D eigenvalue weighted by molar-refractivity contribution is 0.157. The van der Waals surface area contributed by atoms with Crippen molar-refractivity contribution in [1.82, 2.24) is 15.0 Å². The molecule has 6 heteroatoms. The molecule has 0 aliphatic heterocycles. The van der Waals surface area contributed by atoms with E-state index in [1.54, 1.807) is 23.5 Å². The molecule has 1 aromatic heterocycles. The van der Waals surface area contributed by atoms with Crippen LogP contribution in [0.5, 0.6) is 0 Å². The van der Waals surface area contributed by atoms with Crippen LogP contribution in [-0.4, -0.2) is 31.1 Å². The molecule has 1 aromatic rings. The first-order valence-corrected chi connectivity index (χ1v) is 6.41. The van der Waals surface area contributed by atoms with Gasteiger partial charge in [-0.05, 0) is 35.0 Å². The van der Waals surface area contributed by atoms with E-state index in [4.69, 9.17) is 0 Å². The number of aryl methyl sites for hydroxylation is 1. The Morgan fingerprint density at radius 2 is 2.29 bits per heavy atom. The summed E-state index contributed by atoms with van der Waals surface area (Å²) in [5.41, 5.74) is 0.775. The van der Waals surface area contributed by atoms with Crippen LogP contribution in [0.25, 0.3) is 0 Å². The van der Waals surface area contributed by atoms with Crippen molar-refractivity contribution in [1.29, 1.82) is 0 Å². The van der Waals surface area contributed by atoms with Gasteiger partial charge in [-0.15, -0.1) is 5.10 Å². The number of thioether (sulfide) groups is 1. The maximum Gasteiger partial charge on any atom is 0.154 e. The van der Waals surface area contributed by atoms with Crippen molar-refractivity contribution in [3.8, 4) is 0 Å². The fraction of sp³-hybridized carbons (Fsp3) is 0.750. The zero-order valence-electron chi connectivity index (χ0n) is 8.07. The highest BCUT2D eigenvalue weighted by Gasteiger charge is 2.50. The molecule has 1 unspecified atom stereocenters. The zero-order valence-corrected chi connectivity index (χ0v) is 10.5. The lowest BCUT2D eigenvalue weighted by Gasteiger charge is -2.19. The number of halogens is 1. The maximum absolute atomic E-state index is 10.2. The lowest BCUT2D eigenvalue weighted by Crippen LogP contribution is -2.19. The molecule has 4 nitrogen and oxygen atoms in total. The molecule has 1 atom stereocenters. The van der Waals surface area contributed by atoms with Gasteiger partial charge in [0.05, 0.1) is 0 Å². The zero-order chi connectivity index (χ0) is 10.3. The highest BCUT2D eigenvalue weighted by Crippen LogP contribution is 2.55. The Hall–Kier alpha value is -0.0700. The van der Waals surface area contributed by atoms with Crippen molar-refractivity contribution in [2.45, 2.75) is 23.7 Å². The van der Waals surface area contributed by atoms with Crippen LogP contribution in [0.4, 0.5) is 0 Å². The molecule has 0 bridgehead atoms. The van der Waals surface area contributed by atoms with Crippen LogP contribution in [0.2, 0.25) is 0 Å². The van der Waals surface area contributed by atoms with E-state index in [-0.39, 0.29) is 4.75 Å². The highest BCUT2D eigenvalue weighted by atomic mass is 79.9. The minimum Gasteiger partial charge on any atom is -0.385 e. The molecule has 1 saturated carbocycles. The number of aliphatic hydroxyl groups excluding tert-OH is 1. The fourth-order valence-corrected chi connectivity index (χ4v) is 2.98. The van der Waals surface area contributed by atoms with E-state index in [0.717, 1.165) is 18.5 Å². The van der Waals surface area contributed by atoms with Crippen molar-refractivity contribution in [3.05, 3.63) is 10.3 Å². The third-order valence-corrected chi connectivity index (χ3v) is 4.74. The van der Waals surface area contributed by atoms with Gasteiger partial charge in [0, 0.05) is 11.8 Å². The first-order chi connectivity index (χ1) is 6.60. The van der Waals surface area contributed by atoms with Crippen molar-refractivity contribution in [2.24, 2.45) is 7.05 Å². The van der Waals surface area contributed by atoms with Crippen LogP contribution in [0, 0.1) is 0 Å². The van der Waals surface area contributed by atoms with Gasteiger partial charge in [-0.2, -0.15) is 11.8 Å². The quantitative estimate of drug-likeness (QED) is 0.910. The summed E-state index contributed by atoms with van der Waals surface area (Å²) in [6.07, 6.45) is 3.68. The molecule has 1 heterocycles. The van der Waals surface area contributed by atoms with Gasteiger partial charge in [0.2, 0.25) is 0 Å². The van der Waals surface area contributed by atoms with Crippen molar-refractivity contribution in [3.63, 3.8) is 0 Å². The van der Waals surface area contributed by atoms with Gasteiger partial charge in [-0.25, -0.2) is 4.68 Å². The van der Waals surface area contributed by atoms with Crippen molar-refractivity contribution < 1.29 is 5.11 Å². The van der Waals surface area contributed by atoms with E-state index in [1.807, 2.05) is 6.26 Å². The molecule has 0 amide bonds. The third-order valence-electron chi connectivity index (χ3n) is 2.73. The fourth-order valence-electron chi connectivity index (χ4n) is 1.59. The molecule has 1 aliphatic carbocycles. The van der Waals surface area contributed by atoms with E-state index in [9.17, 15) is 5.11 Å². The van der Waals surface area contributed by atoms with Crippen molar-refractivity contribution >= 4 is 27.7 Å². The number of aliphatic hydroxyl groups is 1. The normalized spacial score (nSPS) is 20.9. The van der Waals surface area contributed by atoms with Gasteiger partial charge in [0.1, 0.15) is 11.8 Å². The Labute approximate surface area is 95.2 Å². The van der Waals surface area contributed by atoms with Crippen LogP contribution >= 0.6 is 27.7 Å². The Kier molecular flexibility index (Phi) is 2.61. The summed E-state index contributed by atoms with van der Waals surface area (Å²) in [7, 11) is 1.80. The predicted molar refractivity (Wildman–Crippen MR) is 59.1 cm³/mol. The molecule has 0 spiro atoms. The summed E-state index contributed by atoms with van der Waals surface area (Å²) in [5, 5.41) is 17.9. The average Bonchev–Trinajstić information content (AvgIpc) is 2.89. The lowest BCUT2D eigenvalue weighted by atomic mass is 10.2. The first-order valence-electron chi connectivity index (χ1n) is 4.39. The van der Waals surface area contributed by atoms with Gasteiger partial charge < -0.3 is 5.11 Å². The molecule has 1 fully saturated rings. The monoisotopic (exact) mass is 277 g/mol.